The maximum Gasteiger partial charge on any atom is 0.0208 e. The first-order valence-corrected chi connectivity index (χ1v) is 7.18. The molecule has 0 amide bonds. The molecule has 2 aliphatic carbocycles. The highest BCUT2D eigenvalue weighted by Gasteiger charge is 2.44. The summed E-state index contributed by atoms with van der Waals surface area (Å²) in [6.45, 7) is 12.1. The van der Waals surface area contributed by atoms with Crippen molar-refractivity contribution in [3.8, 4) is 0 Å². The largest absolute Gasteiger partial charge is 0.0991 e. The number of allylic oxidation sites excluding steroid dienone is 10. The van der Waals surface area contributed by atoms with Gasteiger partial charge in [0.15, 0.2) is 0 Å². The second-order valence-electron chi connectivity index (χ2n) is 5.56. The Labute approximate surface area is 117 Å². The van der Waals surface area contributed by atoms with Crippen molar-refractivity contribution in [2.45, 2.75) is 39.5 Å². The highest BCUT2D eigenvalue weighted by Crippen LogP contribution is 2.57. The van der Waals surface area contributed by atoms with Crippen molar-refractivity contribution in [2.24, 2.45) is 5.41 Å². The van der Waals surface area contributed by atoms with E-state index in [0.29, 0.717) is 0 Å². The van der Waals surface area contributed by atoms with Crippen LogP contribution in [-0.2, 0) is 0 Å². The van der Waals surface area contributed by atoms with Crippen LogP contribution in [-0.4, -0.2) is 0 Å². The maximum atomic E-state index is 3.80. The van der Waals surface area contributed by atoms with Gasteiger partial charge in [0.05, 0.1) is 0 Å². The van der Waals surface area contributed by atoms with Crippen LogP contribution in [0.15, 0.2) is 71.9 Å². The summed E-state index contributed by atoms with van der Waals surface area (Å²) in [5, 5.41) is 0. The standard InChI is InChI=1S/C19H24/c1-5-7-11-17-15(3)16(4)18(12-8-6-2)19(17)13-9-10-14-19/h5-8,11-12H,1-2,9-10,13-14H2,3-4H3/b11-7-,12-8-. The van der Waals surface area contributed by atoms with Crippen molar-refractivity contribution in [1.29, 1.82) is 0 Å². The van der Waals surface area contributed by atoms with E-state index in [4.69, 9.17) is 0 Å². The smallest absolute Gasteiger partial charge is 0.0208 e. The van der Waals surface area contributed by atoms with Crippen molar-refractivity contribution in [2.75, 3.05) is 0 Å². The van der Waals surface area contributed by atoms with E-state index in [0.717, 1.165) is 0 Å². The molecule has 2 aliphatic rings. The summed E-state index contributed by atoms with van der Waals surface area (Å²) in [7, 11) is 0. The zero-order valence-electron chi connectivity index (χ0n) is 12.2. The topological polar surface area (TPSA) is 0 Å². The molecule has 0 nitrogen and oxygen atoms in total. The molecule has 0 unspecified atom stereocenters. The Bertz CT molecular complexity index is 458. The lowest BCUT2D eigenvalue weighted by atomic mass is 9.74. The van der Waals surface area contributed by atoms with E-state index in [9.17, 15) is 0 Å². The quantitative estimate of drug-likeness (QED) is 0.565. The van der Waals surface area contributed by atoms with Crippen LogP contribution < -0.4 is 0 Å². The van der Waals surface area contributed by atoms with Crippen molar-refractivity contribution in [1.82, 2.24) is 0 Å². The lowest BCUT2D eigenvalue weighted by Crippen LogP contribution is -2.18. The molecular formula is C19H24. The van der Waals surface area contributed by atoms with Gasteiger partial charge in [0.2, 0.25) is 0 Å². The third kappa shape index (κ3) is 2.20. The van der Waals surface area contributed by atoms with E-state index < -0.39 is 0 Å². The Balaban J connectivity index is 2.52. The fraction of sp³-hybridized carbons (Fsp3) is 0.368. The summed E-state index contributed by atoms with van der Waals surface area (Å²) in [5.74, 6) is 0. The highest BCUT2D eigenvalue weighted by molar-refractivity contribution is 5.60. The van der Waals surface area contributed by atoms with Gasteiger partial charge >= 0.3 is 0 Å². The Morgan fingerprint density at radius 2 is 1.26 bits per heavy atom. The van der Waals surface area contributed by atoms with Crippen LogP contribution in [0.5, 0.6) is 0 Å². The van der Waals surface area contributed by atoms with Gasteiger partial charge in [-0.1, -0.05) is 62.5 Å². The van der Waals surface area contributed by atoms with Crippen LogP contribution in [0.4, 0.5) is 0 Å². The molecule has 0 saturated heterocycles. The van der Waals surface area contributed by atoms with Crippen molar-refractivity contribution in [3.05, 3.63) is 71.9 Å². The van der Waals surface area contributed by atoms with Crippen LogP contribution >= 0.6 is 0 Å². The van der Waals surface area contributed by atoms with Crippen LogP contribution in [0.2, 0.25) is 0 Å². The third-order valence-corrected chi connectivity index (χ3v) is 4.66. The van der Waals surface area contributed by atoms with Crippen LogP contribution in [0, 0.1) is 5.41 Å². The van der Waals surface area contributed by atoms with E-state index in [1.54, 1.807) is 0 Å². The second-order valence-corrected chi connectivity index (χ2v) is 5.56. The summed E-state index contributed by atoms with van der Waals surface area (Å²) in [5.41, 5.74) is 6.16. The molecule has 2 rings (SSSR count). The van der Waals surface area contributed by atoms with E-state index >= 15 is 0 Å². The molecule has 0 aromatic rings. The summed E-state index contributed by atoms with van der Waals surface area (Å²) in [4.78, 5) is 0. The van der Waals surface area contributed by atoms with E-state index in [2.05, 4.69) is 51.3 Å². The van der Waals surface area contributed by atoms with Crippen LogP contribution in [0.1, 0.15) is 39.5 Å². The van der Waals surface area contributed by atoms with Gasteiger partial charge in [0.1, 0.15) is 0 Å². The molecular weight excluding hydrogens is 228 g/mol. The van der Waals surface area contributed by atoms with Crippen molar-refractivity contribution < 1.29 is 0 Å². The zero-order valence-corrected chi connectivity index (χ0v) is 12.2. The average Bonchev–Trinajstić information content (AvgIpc) is 2.95. The molecule has 0 bridgehead atoms. The van der Waals surface area contributed by atoms with Gasteiger partial charge in [-0.05, 0) is 49.0 Å². The molecule has 0 aromatic heterocycles. The summed E-state index contributed by atoms with van der Waals surface area (Å²) >= 11 is 0. The minimum Gasteiger partial charge on any atom is -0.0991 e. The Hall–Kier alpha value is -1.56. The first kappa shape index (κ1) is 13.9. The molecule has 0 N–H and O–H groups in total. The summed E-state index contributed by atoms with van der Waals surface area (Å²) in [6.07, 6.45) is 17.6. The van der Waals surface area contributed by atoms with E-state index in [1.165, 1.54) is 48.0 Å². The Morgan fingerprint density at radius 1 is 0.842 bits per heavy atom. The van der Waals surface area contributed by atoms with Gasteiger partial charge in [-0.15, -0.1) is 0 Å². The first-order valence-electron chi connectivity index (χ1n) is 7.18. The molecule has 1 saturated carbocycles. The molecule has 100 valence electrons. The minimum absolute atomic E-state index is 0.257. The fourth-order valence-corrected chi connectivity index (χ4v) is 3.68. The number of rotatable bonds is 4. The van der Waals surface area contributed by atoms with Crippen LogP contribution in [0.3, 0.4) is 0 Å². The first-order chi connectivity index (χ1) is 9.17. The molecule has 1 fully saturated rings. The lowest BCUT2D eigenvalue weighted by molar-refractivity contribution is 0.474. The molecule has 0 atom stereocenters. The number of hydrogen-bond acceptors (Lipinski definition) is 0. The van der Waals surface area contributed by atoms with Gasteiger partial charge in [-0.2, -0.15) is 0 Å². The highest BCUT2D eigenvalue weighted by atomic mass is 14.5. The van der Waals surface area contributed by atoms with Gasteiger partial charge < -0.3 is 0 Å². The molecule has 0 aromatic carbocycles. The van der Waals surface area contributed by atoms with Crippen LogP contribution in [0.25, 0.3) is 0 Å². The lowest BCUT2D eigenvalue weighted by Gasteiger charge is -2.29. The van der Waals surface area contributed by atoms with E-state index in [1.807, 2.05) is 12.2 Å². The summed E-state index contributed by atoms with van der Waals surface area (Å²) < 4.78 is 0. The fourth-order valence-electron chi connectivity index (χ4n) is 3.68. The van der Waals surface area contributed by atoms with Crippen molar-refractivity contribution in [3.63, 3.8) is 0 Å². The maximum absolute atomic E-state index is 3.80. The molecule has 19 heavy (non-hydrogen) atoms. The Kier molecular flexibility index (Phi) is 4.09. The predicted molar refractivity (Wildman–Crippen MR) is 85.0 cm³/mol. The zero-order chi connectivity index (χ0) is 13.9. The minimum atomic E-state index is 0.257. The average molecular weight is 252 g/mol. The molecule has 1 spiro atoms. The predicted octanol–water partition coefficient (Wildman–Crippen LogP) is 5.68. The SMILES string of the molecule is C=C/C=C\C1=C(C)C(C)=C(/C=C\C=C)C12CCCC2. The number of hydrogen-bond donors (Lipinski definition) is 0. The van der Waals surface area contributed by atoms with Gasteiger partial charge in [-0.25, -0.2) is 0 Å². The van der Waals surface area contributed by atoms with Gasteiger partial charge in [0, 0.05) is 5.41 Å². The summed E-state index contributed by atoms with van der Waals surface area (Å²) in [6, 6.07) is 0. The van der Waals surface area contributed by atoms with Gasteiger partial charge in [0.25, 0.3) is 0 Å². The normalized spacial score (nSPS) is 22.4. The second kappa shape index (κ2) is 5.61. The molecule has 0 aliphatic heterocycles. The van der Waals surface area contributed by atoms with E-state index in [-0.39, 0.29) is 5.41 Å². The monoisotopic (exact) mass is 252 g/mol. The molecule has 0 heteroatoms. The van der Waals surface area contributed by atoms with Gasteiger partial charge in [-0.3, -0.25) is 0 Å². The Morgan fingerprint density at radius 3 is 1.63 bits per heavy atom. The third-order valence-electron chi connectivity index (χ3n) is 4.66. The molecule has 0 heterocycles. The molecule has 0 radical (unpaired) electrons. The van der Waals surface area contributed by atoms with Crippen molar-refractivity contribution >= 4 is 0 Å².